The fraction of sp³-hybridized carbons (Fsp3) is 0.304. The zero-order valence-corrected chi connectivity index (χ0v) is 19.4. The predicted molar refractivity (Wildman–Crippen MR) is 124 cm³/mol. The highest BCUT2D eigenvalue weighted by molar-refractivity contribution is 9.10. The summed E-state index contributed by atoms with van der Waals surface area (Å²) in [7, 11) is 0. The van der Waals surface area contributed by atoms with Crippen molar-refractivity contribution in [1.82, 2.24) is 20.2 Å². The lowest BCUT2D eigenvalue weighted by molar-refractivity contribution is -0.135. The average Bonchev–Trinajstić information content (AvgIpc) is 3.27. The maximum Gasteiger partial charge on any atom is 0.228 e. The Morgan fingerprint density at radius 2 is 2.03 bits per heavy atom. The van der Waals surface area contributed by atoms with E-state index in [9.17, 15) is 9.59 Å². The second-order valence-corrected chi connectivity index (χ2v) is 9.34. The number of piperidine rings is 1. The van der Waals surface area contributed by atoms with E-state index in [0.29, 0.717) is 38.9 Å². The largest absolute Gasteiger partial charge is 0.352 e. The monoisotopic (exact) mass is 498 g/mol. The lowest BCUT2D eigenvalue weighted by Crippen LogP contribution is -2.43. The van der Waals surface area contributed by atoms with Gasteiger partial charge in [-0.2, -0.15) is 0 Å². The standard InChI is InChI=1S/C23H23BrN4O2S/c24-19-5-1-4-18(11-19)23-27-20(15-31-23)12-21(29)28-9-6-17(7-10-28)22(30)26-14-16-3-2-8-25-13-16/h1-5,8,11,13,15,17H,6-7,9-10,12,14H2,(H,26,30). The highest BCUT2D eigenvalue weighted by Gasteiger charge is 2.27. The molecular formula is C23H23BrN4O2S. The average molecular weight is 499 g/mol. The molecular weight excluding hydrogens is 476 g/mol. The molecule has 0 saturated carbocycles. The SMILES string of the molecule is O=C(NCc1cccnc1)C1CCN(C(=O)Cc2csc(-c3cccc(Br)c3)n2)CC1. The van der Waals surface area contributed by atoms with E-state index < -0.39 is 0 Å². The number of nitrogens with one attached hydrogen (secondary N) is 1. The Kier molecular flexibility index (Phi) is 7.09. The van der Waals surface area contributed by atoms with Crippen LogP contribution in [0.4, 0.5) is 0 Å². The Hall–Kier alpha value is -2.58. The zero-order valence-electron chi connectivity index (χ0n) is 17.0. The molecule has 4 rings (SSSR count). The molecule has 1 aliphatic heterocycles. The number of nitrogens with zero attached hydrogens (tertiary/aromatic N) is 3. The molecule has 0 bridgehead atoms. The van der Waals surface area contributed by atoms with Gasteiger partial charge in [-0.3, -0.25) is 14.6 Å². The molecule has 0 spiro atoms. The smallest absolute Gasteiger partial charge is 0.228 e. The number of amides is 2. The molecule has 1 aromatic carbocycles. The van der Waals surface area contributed by atoms with E-state index in [0.717, 1.165) is 26.3 Å². The van der Waals surface area contributed by atoms with Crippen LogP contribution >= 0.6 is 27.3 Å². The van der Waals surface area contributed by atoms with Gasteiger partial charge in [0, 0.05) is 53.4 Å². The van der Waals surface area contributed by atoms with Crippen LogP contribution in [0.15, 0.2) is 58.6 Å². The molecule has 0 radical (unpaired) electrons. The van der Waals surface area contributed by atoms with Gasteiger partial charge in [0.25, 0.3) is 0 Å². The van der Waals surface area contributed by atoms with Gasteiger partial charge < -0.3 is 10.2 Å². The molecule has 160 valence electrons. The summed E-state index contributed by atoms with van der Waals surface area (Å²) in [6.45, 7) is 1.69. The Morgan fingerprint density at radius 3 is 2.77 bits per heavy atom. The number of rotatable bonds is 6. The fourth-order valence-corrected chi connectivity index (χ4v) is 4.85. The van der Waals surface area contributed by atoms with Crippen molar-refractivity contribution in [2.75, 3.05) is 13.1 Å². The molecule has 1 saturated heterocycles. The number of pyridine rings is 1. The molecule has 1 aliphatic rings. The third-order valence-corrected chi connectivity index (χ3v) is 6.80. The van der Waals surface area contributed by atoms with Gasteiger partial charge in [0.05, 0.1) is 12.1 Å². The minimum atomic E-state index is -0.0527. The van der Waals surface area contributed by atoms with E-state index in [2.05, 4.69) is 31.2 Å². The van der Waals surface area contributed by atoms with Crippen LogP contribution in [0.5, 0.6) is 0 Å². The highest BCUT2D eigenvalue weighted by Crippen LogP contribution is 2.27. The van der Waals surface area contributed by atoms with Crippen molar-refractivity contribution in [2.45, 2.75) is 25.8 Å². The van der Waals surface area contributed by atoms with Crippen LogP contribution in [-0.4, -0.2) is 39.8 Å². The van der Waals surface area contributed by atoms with Crippen LogP contribution in [-0.2, 0) is 22.6 Å². The van der Waals surface area contributed by atoms with Crippen molar-refractivity contribution in [3.8, 4) is 10.6 Å². The Morgan fingerprint density at radius 1 is 1.19 bits per heavy atom. The number of hydrogen-bond acceptors (Lipinski definition) is 5. The summed E-state index contributed by atoms with van der Waals surface area (Å²) in [6.07, 6.45) is 5.13. The first-order valence-electron chi connectivity index (χ1n) is 10.2. The molecule has 0 atom stereocenters. The second kappa shape index (κ2) is 10.2. The number of aromatic nitrogens is 2. The number of hydrogen-bond donors (Lipinski definition) is 1. The van der Waals surface area contributed by atoms with Gasteiger partial charge in [0.1, 0.15) is 5.01 Å². The van der Waals surface area contributed by atoms with Gasteiger partial charge >= 0.3 is 0 Å². The van der Waals surface area contributed by atoms with Gasteiger partial charge in [-0.1, -0.05) is 34.1 Å². The van der Waals surface area contributed by atoms with Crippen LogP contribution in [0.1, 0.15) is 24.1 Å². The minimum absolute atomic E-state index is 0.0501. The van der Waals surface area contributed by atoms with Gasteiger partial charge in [-0.25, -0.2) is 4.98 Å². The van der Waals surface area contributed by atoms with E-state index in [1.165, 1.54) is 0 Å². The molecule has 0 unspecified atom stereocenters. The minimum Gasteiger partial charge on any atom is -0.352 e. The zero-order chi connectivity index (χ0) is 21.6. The van der Waals surface area contributed by atoms with Gasteiger partial charge in [-0.05, 0) is 36.6 Å². The van der Waals surface area contributed by atoms with E-state index in [-0.39, 0.29) is 17.7 Å². The molecule has 1 N–H and O–H groups in total. The number of carbonyl (C=O) groups excluding carboxylic acids is 2. The first kappa shape index (κ1) is 21.6. The van der Waals surface area contributed by atoms with E-state index >= 15 is 0 Å². The summed E-state index contributed by atoms with van der Waals surface area (Å²) in [5.74, 6) is 0.0672. The molecule has 6 nitrogen and oxygen atoms in total. The third kappa shape index (κ3) is 5.77. The molecule has 3 heterocycles. The van der Waals surface area contributed by atoms with Crippen LogP contribution in [0.2, 0.25) is 0 Å². The van der Waals surface area contributed by atoms with Crippen molar-refractivity contribution < 1.29 is 9.59 Å². The second-order valence-electron chi connectivity index (χ2n) is 7.57. The number of halogens is 1. The topological polar surface area (TPSA) is 75.2 Å². The van der Waals surface area contributed by atoms with Crippen molar-refractivity contribution in [1.29, 1.82) is 0 Å². The molecule has 8 heteroatoms. The molecule has 2 amide bonds. The summed E-state index contributed by atoms with van der Waals surface area (Å²) in [6, 6.07) is 11.8. The van der Waals surface area contributed by atoms with Gasteiger partial charge in [0.15, 0.2) is 0 Å². The number of carbonyl (C=O) groups is 2. The van der Waals surface area contributed by atoms with Crippen molar-refractivity contribution in [3.63, 3.8) is 0 Å². The van der Waals surface area contributed by atoms with Gasteiger partial charge in [-0.15, -0.1) is 11.3 Å². The fourth-order valence-electron chi connectivity index (χ4n) is 3.64. The Labute approximate surface area is 193 Å². The number of likely N-dealkylation sites (tertiary alicyclic amines) is 1. The molecule has 0 aliphatic carbocycles. The van der Waals surface area contributed by atoms with Crippen LogP contribution < -0.4 is 5.32 Å². The predicted octanol–water partition coefficient (Wildman–Crippen LogP) is 4.07. The molecule has 3 aromatic rings. The van der Waals surface area contributed by atoms with Crippen molar-refractivity contribution in [3.05, 3.63) is 69.9 Å². The highest BCUT2D eigenvalue weighted by atomic mass is 79.9. The summed E-state index contributed by atoms with van der Waals surface area (Å²) >= 11 is 5.03. The van der Waals surface area contributed by atoms with E-state index in [4.69, 9.17) is 0 Å². The van der Waals surface area contributed by atoms with Crippen LogP contribution in [0.25, 0.3) is 10.6 Å². The molecule has 31 heavy (non-hydrogen) atoms. The van der Waals surface area contributed by atoms with Crippen LogP contribution in [0, 0.1) is 5.92 Å². The summed E-state index contributed by atoms with van der Waals surface area (Å²) < 4.78 is 1.00. The van der Waals surface area contributed by atoms with E-state index in [1.54, 1.807) is 23.7 Å². The molecule has 2 aromatic heterocycles. The number of thiazole rings is 1. The lowest BCUT2D eigenvalue weighted by atomic mass is 9.95. The summed E-state index contributed by atoms with van der Waals surface area (Å²) in [5.41, 5.74) is 2.81. The molecule has 1 fully saturated rings. The first-order chi connectivity index (χ1) is 15.1. The number of benzene rings is 1. The van der Waals surface area contributed by atoms with Crippen molar-refractivity contribution in [2.24, 2.45) is 5.92 Å². The Bertz CT molecular complexity index is 1050. The lowest BCUT2D eigenvalue weighted by Gasteiger charge is -2.31. The third-order valence-electron chi connectivity index (χ3n) is 5.36. The first-order valence-corrected chi connectivity index (χ1v) is 11.9. The van der Waals surface area contributed by atoms with Gasteiger partial charge in [0.2, 0.25) is 11.8 Å². The Balaban J connectivity index is 1.25. The maximum atomic E-state index is 12.7. The maximum absolute atomic E-state index is 12.7. The van der Waals surface area contributed by atoms with Crippen LogP contribution in [0.3, 0.4) is 0 Å². The summed E-state index contributed by atoms with van der Waals surface area (Å²) in [5, 5.41) is 5.84. The summed E-state index contributed by atoms with van der Waals surface area (Å²) in [4.78, 5) is 35.7. The normalized spacial score (nSPS) is 14.4. The van der Waals surface area contributed by atoms with Crippen molar-refractivity contribution >= 4 is 39.1 Å². The van der Waals surface area contributed by atoms with E-state index in [1.807, 2.05) is 46.7 Å². The quantitative estimate of drug-likeness (QED) is 0.555.